The predicted octanol–water partition coefficient (Wildman–Crippen LogP) is 3.50. The lowest BCUT2D eigenvalue weighted by molar-refractivity contribution is -0.129. The number of carbonyl (C=O) groups is 3. The van der Waals surface area contributed by atoms with Gasteiger partial charge in [0.25, 0.3) is 5.91 Å². The van der Waals surface area contributed by atoms with Gasteiger partial charge in [-0.1, -0.05) is 78.5 Å². The molecule has 5 N–H and O–H groups in total. The Bertz CT molecular complexity index is 1580. The molecule has 0 radical (unpaired) electrons. The molecule has 0 saturated carbocycles. The number of nitrogens with two attached hydrogens (primary N) is 1. The van der Waals surface area contributed by atoms with Crippen LogP contribution in [0.3, 0.4) is 0 Å². The molecule has 1 aliphatic heterocycles. The fourth-order valence-electron chi connectivity index (χ4n) is 4.81. The zero-order valence-electron chi connectivity index (χ0n) is 22.5. The molecule has 1 aliphatic rings. The van der Waals surface area contributed by atoms with Crippen LogP contribution < -0.4 is 21.3 Å². The van der Waals surface area contributed by atoms with Gasteiger partial charge in [-0.25, -0.2) is 0 Å². The van der Waals surface area contributed by atoms with E-state index in [2.05, 4.69) is 10.6 Å². The van der Waals surface area contributed by atoms with Crippen LogP contribution in [-0.2, 0) is 16.0 Å². The molecule has 0 aromatic heterocycles. The van der Waals surface area contributed by atoms with Gasteiger partial charge in [0.05, 0.1) is 17.4 Å². The van der Waals surface area contributed by atoms with Gasteiger partial charge in [0, 0.05) is 42.3 Å². The van der Waals surface area contributed by atoms with E-state index < -0.39 is 18.1 Å². The summed E-state index contributed by atoms with van der Waals surface area (Å²) in [6.07, 6.45) is -0.623. The number of anilines is 1. The molecule has 41 heavy (non-hydrogen) atoms. The van der Waals surface area contributed by atoms with Crippen molar-refractivity contribution in [2.75, 3.05) is 24.5 Å². The summed E-state index contributed by atoms with van der Waals surface area (Å²) >= 11 is 1.53. The summed E-state index contributed by atoms with van der Waals surface area (Å²) in [4.78, 5) is 43.3. The Hall–Kier alpha value is -4.18. The van der Waals surface area contributed by atoms with Crippen molar-refractivity contribution >= 4 is 45.9 Å². The maximum absolute atomic E-state index is 13.6. The smallest absolute Gasteiger partial charge is 0.259 e. The van der Waals surface area contributed by atoms with E-state index in [0.717, 1.165) is 31.8 Å². The van der Waals surface area contributed by atoms with Crippen LogP contribution >= 0.6 is 11.8 Å². The lowest BCUT2D eigenvalue weighted by atomic mass is 10.0. The van der Waals surface area contributed by atoms with Crippen LogP contribution in [0.5, 0.6) is 0 Å². The topological polar surface area (TPSA) is 125 Å². The summed E-state index contributed by atoms with van der Waals surface area (Å²) in [5.74, 6) is -0.951. The van der Waals surface area contributed by atoms with Crippen molar-refractivity contribution in [3.63, 3.8) is 0 Å². The first kappa shape index (κ1) is 28.4. The van der Waals surface area contributed by atoms with E-state index in [1.165, 1.54) is 11.8 Å². The number of nitrogens with one attached hydrogen (secondary N) is 2. The van der Waals surface area contributed by atoms with E-state index in [1.807, 2.05) is 84.9 Å². The molecule has 5 rings (SSSR count). The number of para-hydroxylation sites is 1. The van der Waals surface area contributed by atoms with Crippen molar-refractivity contribution < 1.29 is 19.5 Å². The highest BCUT2D eigenvalue weighted by Gasteiger charge is 2.28. The fourth-order valence-corrected chi connectivity index (χ4v) is 5.89. The summed E-state index contributed by atoms with van der Waals surface area (Å²) in [7, 11) is 0. The van der Waals surface area contributed by atoms with E-state index in [4.69, 9.17) is 5.73 Å². The molecule has 0 fully saturated rings. The molecule has 210 valence electrons. The van der Waals surface area contributed by atoms with Gasteiger partial charge < -0.3 is 26.4 Å². The largest absolute Gasteiger partial charge is 0.390 e. The van der Waals surface area contributed by atoms with Crippen LogP contribution in [0.25, 0.3) is 10.8 Å². The third kappa shape index (κ3) is 6.77. The third-order valence-corrected chi connectivity index (χ3v) is 8.13. The molecule has 0 bridgehead atoms. The van der Waals surface area contributed by atoms with Gasteiger partial charge in [-0.3, -0.25) is 14.4 Å². The van der Waals surface area contributed by atoms with Crippen LogP contribution in [0.15, 0.2) is 101 Å². The molecule has 9 heteroatoms. The molecule has 0 aliphatic carbocycles. The van der Waals surface area contributed by atoms with Crippen LogP contribution in [0.2, 0.25) is 0 Å². The number of carbonyl (C=O) groups excluding carboxylic acids is 3. The number of aliphatic hydroxyl groups is 1. The normalized spacial score (nSPS) is 14.0. The number of nitrogens with zero attached hydrogens (tertiary/aromatic N) is 1. The Kier molecular flexibility index (Phi) is 8.98. The average molecular weight is 569 g/mol. The maximum atomic E-state index is 13.6. The number of rotatable bonds is 10. The van der Waals surface area contributed by atoms with Crippen LogP contribution in [0.1, 0.15) is 22.3 Å². The van der Waals surface area contributed by atoms with Gasteiger partial charge in [-0.15, -0.1) is 0 Å². The second-order valence-electron chi connectivity index (χ2n) is 9.91. The molecule has 0 saturated heterocycles. The number of benzene rings is 4. The van der Waals surface area contributed by atoms with Gasteiger partial charge in [-0.05, 0) is 40.6 Å². The molecule has 4 aromatic rings. The number of hydrogen-bond acceptors (Lipinski definition) is 6. The molecule has 4 aromatic carbocycles. The van der Waals surface area contributed by atoms with Crippen LogP contribution in [0.4, 0.5) is 5.69 Å². The molecular formula is C32H32N4O4S. The summed E-state index contributed by atoms with van der Waals surface area (Å²) in [5, 5.41) is 17.5. The fraction of sp³-hybridized carbons (Fsp3) is 0.219. The summed E-state index contributed by atoms with van der Waals surface area (Å²) < 4.78 is 0. The minimum Gasteiger partial charge on any atom is -0.390 e. The zero-order valence-corrected chi connectivity index (χ0v) is 23.3. The van der Waals surface area contributed by atoms with Gasteiger partial charge in [0.15, 0.2) is 0 Å². The summed E-state index contributed by atoms with van der Waals surface area (Å²) in [6, 6.07) is 28.0. The van der Waals surface area contributed by atoms with Crippen molar-refractivity contribution in [3.8, 4) is 0 Å². The van der Waals surface area contributed by atoms with Gasteiger partial charge in [0.2, 0.25) is 11.8 Å². The van der Waals surface area contributed by atoms with Gasteiger partial charge in [0.1, 0.15) is 6.04 Å². The van der Waals surface area contributed by atoms with Crippen molar-refractivity contribution in [2.24, 2.45) is 5.73 Å². The third-order valence-electron chi connectivity index (χ3n) is 6.99. The molecular weight excluding hydrogens is 536 g/mol. The SMILES string of the molecule is NC[C@@H](O)CNC(=O)C(Cc1ccc2ccccc2c1)NC(=O)CCN1C(=O)c2ccccc2Sc2ccccc21. The van der Waals surface area contributed by atoms with E-state index >= 15 is 0 Å². The van der Waals surface area contributed by atoms with Gasteiger partial charge in [-0.2, -0.15) is 0 Å². The Morgan fingerprint density at radius 1 is 0.902 bits per heavy atom. The van der Waals surface area contributed by atoms with Crippen molar-refractivity contribution in [1.29, 1.82) is 0 Å². The molecule has 3 amide bonds. The molecule has 8 nitrogen and oxygen atoms in total. The van der Waals surface area contributed by atoms with E-state index in [0.29, 0.717) is 5.56 Å². The van der Waals surface area contributed by atoms with Crippen molar-refractivity contribution in [3.05, 3.63) is 102 Å². The van der Waals surface area contributed by atoms with Crippen molar-refractivity contribution in [2.45, 2.75) is 34.8 Å². The Morgan fingerprint density at radius 3 is 2.41 bits per heavy atom. The average Bonchev–Trinajstić information content (AvgIpc) is 3.11. The van der Waals surface area contributed by atoms with E-state index in [1.54, 1.807) is 11.0 Å². The lowest BCUT2D eigenvalue weighted by Crippen LogP contribution is -2.50. The Morgan fingerprint density at radius 2 is 1.61 bits per heavy atom. The molecule has 2 atom stereocenters. The number of hydrogen-bond donors (Lipinski definition) is 4. The van der Waals surface area contributed by atoms with E-state index in [9.17, 15) is 19.5 Å². The van der Waals surface area contributed by atoms with Crippen molar-refractivity contribution in [1.82, 2.24) is 10.6 Å². The maximum Gasteiger partial charge on any atom is 0.259 e. The minimum absolute atomic E-state index is 0.000165. The molecule has 0 spiro atoms. The first-order valence-corrected chi connectivity index (χ1v) is 14.3. The number of amides is 3. The standard InChI is InChI=1S/C32H32N4O4S/c33-19-24(37)20-34-31(39)26(18-21-13-14-22-7-1-2-8-23(22)17-21)35-30(38)15-16-36-27-10-4-6-12-29(27)41-28-11-5-3-9-25(28)32(36)40/h1-14,17,24,26,37H,15-16,18-20,33H2,(H,34,39)(H,35,38)/t24-,26?/m1/s1. The zero-order chi connectivity index (χ0) is 28.8. The summed E-state index contributed by atoms with van der Waals surface area (Å²) in [6.45, 7) is 0.136. The highest BCUT2D eigenvalue weighted by atomic mass is 32.2. The number of fused-ring (bicyclic) bond motifs is 3. The monoisotopic (exact) mass is 568 g/mol. The Balaban J connectivity index is 1.32. The highest BCUT2D eigenvalue weighted by molar-refractivity contribution is 7.99. The molecule has 1 unspecified atom stereocenters. The Labute approximate surface area is 242 Å². The van der Waals surface area contributed by atoms with E-state index in [-0.39, 0.29) is 44.3 Å². The lowest BCUT2D eigenvalue weighted by Gasteiger charge is -2.24. The number of aliphatic hydroxyl groups excluding tert-OH is 1. The van der Waals surface area contributed by atoms with Crippen LogP contribution in [0, 0.1) is 0 Å². The quantitative estimate of drug-likeness (QED) is 0.232. The second kappa shape index (κ2) is 13.0. The van der Waals surface area contributed by atoms with Gasteiger partial charge >= 0.3 is 0 Å². The first-order valence-electron chi connectivity index (χ1n) is 13.5. The molecule has 1 heterocycles. The predicted molar refractivity (Wildman–Crippen MR) is 161 cm³/mol. The van der Waals surface area contributed by atoms with Crippen LogP contribution in [-0.4, -0.2) is 54.6 Å². The first-order chi connectivity index (χ1) is 19.9. The summed E-state index contributed by atoms with van der Waals surface area (Å²) in [5.41, 5.74) is 7.69. The minimum atomic E-state index is -0.883. The highest BCUT2D eigenvalue weighted by Crippen LogP contribution is 2.41. The second-order valence-corrected chi connectivity index (χ2v) is 11.0.